The number of aliphatic hydroxyl groups is 1. The van der Waals surface area contributed by atoms with E-state index in [0.717, 1.165) is 24.0 Å². The zero-order valence-corrected chi connectivity index (χ0v) is 13.1. The van der Waals surface area contributed by atoms with E-state index in [1.54, 1.807) is 0 Å². The van der Waals surface area contributed by atoms with Gasteiger partial charge in [-0.05, 0) is 31.2 Å². The number of aliphatic hydroxyl groups excluding tert-OH is 1. The van der Waals surface area contributed by atoms with Gasteiger partial charge in [0.1, 0.15) is 5.76 Å². The van der Waals surface area contributed by atoms with Gasteiger partial charge in [-0.2, -0.15) is 0 Å². The van der Waals surface area contributed by atoms with Crippen LogP contribution < -0.4 is 0 Å². The van der Waals surface area contributed by atoms with E-state index < -0.39 is 0 Å². The molecule has 0 saturated heterocycles. The molecule has 0 atom stereocenters. The highest BCUT2D eigenvalue weighted by Crippen LogP contribution is 2.15. The molecule has 1 heteroatoms. The predicted molar refractivity (Wildman–Crippen MR) is 93.5 cm³/mol. The SMILES string of the molecule is C=CC(=C)CCCCCCCCc1ccc(C(=C)O)cc1. The van der Waals surface area contributed by atoms with Crippen LogP contribution in [-0.2, 0) is 6.42 Å². The van der Waals surface area contributed by atoms with Gasteiger partial charge in [-0.15, -0.1) is 0 Å². The molecular weight excluding hydrogens is 256 g/mol. The molecule has 114 valence electrons. The molecule has 0 amide bonds. The summed E-state index contributed by atoms with van der Waals surface area (Å²) in [7, 11) is 0. The summed E-state index contributed by atoms with van der Waals surface area (Å²) >= 11 is 0. The van der Waals surface area contributed by atoms with Crippen LogP contribution in [0.15, 0.2) is 55.7 Å². The lowest BCUT2D eigenvalue weighted by Crippen LogP contribution is -1.88. The molecule has 1 nitrogen and oxygen atoms in total. The predicted octanol–water partition coefficient (Wildman–Crippen LogP) is 6.23. The van der Waals surface area contributed by atoms with Gasteiger partial charge in [0.05, 0.1) is 0 Å². The van der Waals surface area contributed by atoms with Gasteiger partial charge in [-0.1, -0.05) is 81.3 Å². The minimum absolute atomic E-state index is 0.140. The van der Waals surface area contributed by atoms with Gasteiger partial charge in [-0.25, -0.2) is 0 Å². The van der Waals surface area contributed by atoms with Gasteiger partial charge in [-0.3, -0.25) is 0 Å². The fourth-order valence-corrected chi connectivity index (χ4v) is 2.35. The molecule has 0 heterocycles. The molecule has 0 saturated carbocycles. The molecule has 1 aromatic carbocycles. The van der Waals surface area contributed by atoms with E-state index in [0.29, 0.717) is 0 Å². The molecule has 0 aromatic heterocycles. The number of rotatable bonds is 11. The third-order valence-electron chi connectivity index (χ3n) is 3.79. The van der Waals surface area contributed by atoms with Crippen LogP contribution in [0.25, 0.3) is 5.76 Å². The Balaban J connectivity index is 2.05. The lowest BCUT2D eigenvalue weighted by molar-refractivity contribution is 0.514. The van der Waals surface area contributed by atoms with Crippen molar-refractivity contribution in [3.05, 3.63) is 66.8 Å². The van der Waals surface area contributed by atoms with Crippen molar-refractivity contribution in [1.82, 2.24) is 0 Å². The van der Waals surface area contributed by atoms with Gasteiger partial charge >= 0.3 is 0 Å². The summed E-state index contributed by atoms with van der Waals surface area (Å²) < 4.78 is 0. The highest BCUT2D eigenvalue weighted by atomic mass is 16.3. The number of hydrogen-bond donors (Lipinski definition) is 1. The first-order chi connectivity index (χ1) is 10.1. The standard InChI is InChI=1S/C20H28O/c1-4-17(2)11-9-7-5-6-8-10-12-19-13-15-20(16-14-19)18(3)21/h4,13-16,21H,1-3,5-12H2. The van der Waals surface area contributed by atoms with Gasteiger partial charge in [0.25, 0.3) is 0 Å². The van der Waals surface area contributed by atoms with Crippen molar-refractivity contribution in [2.75, 3.05) is 0 Å². The number of aryl methyl sites for hydroxylation is 1. The van der Waals surface area contributed by atoms with E-state index in [4.69, 9.17) is 0 Å². The molecule has 1 N–H and O–H groups in total. The monoisotopic (exact) mass is 284 g/mol. The van der Waals surface area contributed by atoms with Crippen LogP contribution in [0.2, 0.25) is 0 Å². The largest absolute Gasteiger partial charge is 0.508 e. The van der Waals surface area contributed by atoms with Gasteiger partial charge < -0.3 is 5.11 Å². The minimum atomic E-state index is 0.140. The van der Waals surface area contributed by atoms with Crippen LogP contribution in [0.4, 0.5) is 0 Å². The molecule has 0 fully saturated rings. The molecule has 0 aliphatic rings. The van der Waals surface area contributed by atoms with E-state index in [2.05, 4.69) is 31.9 Å². The number of unbranched alkanes of at least 4 members (excludes halogenated alkanes) is 5. The lowest BCUT2D eigenvalue weighted by Gasteiger charge is -2.04. The Labute approximate surface area is 129 Å². The Kier molecular flexibility index (Phi) is 8.27. The van der Waals surface area contributed by atoms with Crippen LogP contribution in [0.1, 0.15) is 56.1 Å². The van der Waals surface area contributed by atoms with Crippen molar-refractivity contribution in [1.29, 1.82) is 0 Å². The quantitative estimate of drug-likeness (QED) is 0.290. The van der Waals surface area contributed by atoms with Gasteiger partial charge in [0.2, 0.25) is 0 Å². The minimum Gasteiger partial charge on any atom is -0.508 e. The Morgan fingerprint density at radius 2 is 1.48 bits per heavy atom. The summed E-state index contributed by atoms with van der Waals surface area (Å²) in [4.78, 5) is 0. The molecule has 1 aromatic rings. The highest BCUT2D eigenvalue weighted by Gasteiger charge is 1.98. The number of benzene rings is 1. The Hall–Kier alpha value is -1.76. The maximum atomic E-state index is 9.28. The zero-order valence-electron chi connectivity index (χ0n) is 13.1. The van der Waals surface area contributed by atoms with Crippen LogP contribution in [0, 0.1) is 0 Å². The molecule has 21 heavy (non-hydrogen) atoms. The van der Waals surface area contributed by atoms with E-state index in [-0.39, 0.29) is 5.76 Å². The van der Waals surface area contributed by atoms with E-state index >= 15 is 0 Å². The zero-order chi connectivity index (χ0) is 15.5. The first kappa shape index (κ1) is 17.3. The molecular formula is C20H28O. The van der Waals surface area contributed by atoms with Crippen molar-refractivity contribution in [3.8, 4) is 0 Å². The fraction of sp³-hybridized carbons (Fsp3) is 0.400. The summed E-state index contributed by atoms with van der Waals surface area (Å²) in [6.45, 7) is 11.2. The second-order valence-electron chi connectivity index (χ2n) is 5.63. The first-order valence-electron chi connectivity index (χ1n) is 7.91. The van der Waals surface area contributed by atoms with Crippen molar-refractivity contribution < 1.29 is 5.11 Å². The average molecular weight is 284 g/mol. The maximum absolute atomic E-state index is 9.28. The van der Waals surface area contributed by atoms with Crippen LogP contribution in [0.3, 0.4) is 0 Å². The number of hydrogen-bond acceptors (Lipinski definition) is 1. The second-order valence-corrected chi connectivity index (χ2v) is 5.63. The van der Waals surface area contributed by atoms with Crippen molar-refractivity contribution in [2.45, 2.75) is 51.4 Å². The lowest BCUT2D eigenvalue weighted by atomic mass is 10.0. The van der Waals surface area contributed by atoms with Gasteiger partial charge in [0.15, 0.2) is 0 Å². The van der Waals surface area contributed by atoms with E-state index in [9.17, 15) is 5.11 Å². The molecule has 0 radical (unpaired) electrons. The molecule has 0 aliphatic carbocycles. The fourth-order valence-electron chi connectivity index (χ4n) is 2.35. The Bertz CT molecular complexity index is 453. The smallest absolute Gasteiger partial charge is 0.115 e. The normalized spacial score (nSPS) is 10.3. The summed E-state index contributed by atoms with van der Waals surface area (Å²) in [5.41, 5.74) is 3.30. The third kappa shape index (κ3) is 7.55. The number of allylic oxidation sites excluding steroid dienone is 2. The maximum Gasteiger partial charge on any atom is 0.115 e. The Morgan fingerprint density at radius 3 is 2.05 bits per heavy atom. The van der Waals surface area contributed by atoms with Crippen LogP contribution >= 0.6 is 0 Å². The van der Waals surface area contributed by atoms with E-state index in [1.165, 1.54) is 44.1 Å². The summed E-state index contributed by atoms with van der Waals surface area (Å²) in [6.07, 6.45) is 11.7. The highest BCUT2D eigenvalue weighted by molar-refractivity contribution is 5.55. The van der Waals surface area contributed by atoms with E-state index in [1.807, 2.05) is 18.2 Å². The van der Waals surface area contributed by atoms with Crippen molar-refractivity contribution in [2.24, 2.45) is 0 Å². The summed E-state index contributed by atoms with van der Waals surface area (Å²) in [5.74, 6) is 0.140. The van der Waals surface area contributed by atoms with Crippen LogP contribution in [0.5, 0.6) is 0 Å². The Morgan fingerprint density at radius 1 is 0.905 bits per heavy atom. The van der Waals surface area contributed by atoms with Gasteiger partial charge in [0, 0.05) is 5.56 Å². The van der Waals surface area contributed by atoms with Crippen LogP contribution in [-0.4, -0.2) is 5.11 Å². The third-order valence-corrected chi connectivity index (χ3v) is 3.79. The summed E-state index contributed by atoms with van der Waals surface area (Å²) in [6, 6.07) is 8.03. The molecule has 0 aliphatic heterocycles. The molecule has 0 spiro atoms. The average Bonchev–Trinajstić information content (AvgIpc) is 2.50. The second kappa shape index (κ2) is 10.0. The molecule has 0 bridgehead atoms. The van der Waals surface area contributed by atoms with Crippen molar-refractivity contribution >= 4 is 5.76 Å². The molecule has 1 rings (SSSR count). The first-order valence-corrected chi connectivity index (χ1v) is 7.91. The summed E-state index contributed by atoms with van der Waals surface area (Å²) in [5, 5.41) is 9.28. The topological polar surface area (TPSA) is 20.2 Å². The van der Waals surface area contributed by atoms with Crippen molar-refractivity contribution in [3.63, 3.8) is 0 Å². The molecule has 0 unspecified atom stereocenters.